The SMILES string of the molecule is COC(=O)N[C@H](C(=O)N1CC2(CC2)C[C@H]1c1ncc(-c2ccc(-c3ccc4cc(-c5cnc([C@@H]6[C@H]7CC[C@H](C7)N6C(=O)[C@@H](NC(=O)OC)C(C)C)[nH]5)ccc4c3)cc2)[nH]1)C(C)C. The van der Waals surface area contributed by atoms with Crippen LogP contribution in [0, 0.1) is 23.2 Å². The summed E-state index contributed by atoms with van der Waals surface area (Å²) in [4.78, 5) is 72.7. The summed E-state index contributed by atoms with van der Waals surface area (Å²) < 4.78 is 9.65. The molecule has 324 valence electrons. The van der Waals surface area contributed by atoms with E-state index < -0.39 is 24.3 Å². The summed E-state index contributed by atoms with van der Waals surface area (Å²) in [5, 5.41) is 7.73. The number of nitrogens with one attached hydrogen (secondary N) is 4. The highest BCUT2D eigenvalue weighted by molar-refractivity contribution is 5.91. The fraction of sp³-hybridized carbons (Fsp3) is 0.458. The zero-order valence-corrected chi connectivity index (χ0v) is 36.2. The van der Waals surface area contributed by atoms with Gasteiger partial charge in [-0.1, -0.05) is 76.2 Å². The van der Waals surface area contributed by atoms with Crippen LogP contribution in [0.3, 0.4) is 0 Å². The van der Waals surface area contributed by atoms with Crippen LogP contribution in [-0.4, -0.2) is 92.6 Å². The lowest BCUT2D eigenvalue weighted by molar-refractivity contribution is -0.139. The Labute approximate surface area is 361 Å². The topological polar surface area (TPSA) is 175 Å². The molecule has 0 radical (unpaired) electrons. The second-order valence-corrected chi connectivity index (χ2v) is 18.5. The van der Waals surface area contributed by atoms with Crippen LogP contribution in [0.1, 0.15) is 90.0 Å². The van der Waals surface area contributed by atoms with Gasteiger partial charge in [-0.2, -0.15) is 0 Å². The highest BCUT2D eigenvalue weighted by atomic mass is 16.5. The van der Waals surface area contributed by atoms with Crippen LogP contribution in [0.15, 0.2) is 73.1 Å². The van der Waals surface area contributed by atoms with Gasteiger partial charge in [0.15, 0.2) is 0 Å². The molecule has 14 heteroatoms. The second-order valence-electron chi connectivity index (χ2n) is 18.5. The fourth-order valence-electron chi connectivity index (χ4n) is 10.2. The minimum Gasteiger partial charge on any atom is -0.453 e. The molecule has 14 nitrogen and oxygen atoms in total. The lowest BCUT2D eigenvalue weighted by Crippen LogP contribution is -2.54. The summed E-state index contributed by atoms with van der Waals surface area (Å²) in [7, 11) is 2.62. The molecule has 2 aromatic heterocycles. The van der Waals surface area contributed by atoms with Crippen molar-refractivity contribution in [1.29, 1.82) is 0 Å². The predicted octanol–water partition coefficient (Wildman–Crippen LogP) is 8.15. The Morgan fingerprint density at radius 1 is 0.710 bits per heavy atom. The van der Waals surface area contributed by atoms with E-state index in [1.165, 1.54) is 14.2 Å². The monoisotopic (exact) mass is 840 g/mol. The number of rotatable bonds is 11. The van der Waals surface area contributed by atoms with Crippen LogP contribution >= 0.6 is 0 Å². The Bertz CT molecular complexity index is 2510. The first kappa shape index (κ1) is 41.2. The third-order valence-electron chi connectivity index (χ3n) is 13.8. The Morgan fingerprint density at radius 2 is 1.26 bits per heavy atom. The molecule has 4 fully saturated rings. The van der Waals surface area contributed by atoms with E-state index in [2.05, 4.69) is 81.3 Å². The van der Waals surface area contributed by atoms with Gasteiger partial charge in [0.1, 0.15) is 23.7 Å². The molecular formula is C48H56N8O6. The Balaban J connectivity index is 0.893. The first-order chi connectivity index (χ1) is 29.8. The van der Waals surface area contributed by atoms with Gasteiger partial charge in [-0.25, -0.2) is 19.6 Å². The largest absolute Gasteiger partial charge is 0.453 e. The zero-order chi connectivity index (χ0) is 43.4. The number of alkyl carbamates (subject to hydrolysis) is 2. The molecule has 2 saturated carbocycles. The van der Waals surface area contributed by atoms with Gasteiger partial charge < -0.3 is 39.9 Å². The van der Waals surface area contributed by atoms with Crippen molar-refractivity contribution in [2.75, 3.05) is 20.8 Å². The van der Waals surface area contributed by atoms with E-state index in [0.29, 0.717) is 12.5 Å². The number of piperidine rings is 1. The number of ether oxygens (including phenoxy) is 2. The van der Waals surface area contributed by atoms with Crippen LogP contribution in [0.5, 0.6) is 0 Å². The third kappa shape index (κ3) is 7.68. The number of amides is 4. The fourth-order valence-corrected chi connectivity index (χ4v) is 10.2. The highest BCUT2D eigenvalue weighted by Crippen LogP contribution is 2.58. The molecule has 4 N–H and O–H groups in total. The quantitative estimate of drug-likeness (QED) is 0.103. The molecule has 3 aromatic carbocycles. The van der Waals surface area contributed by atoms with Gasteiger partial charge >= 0.3 is 12.2 Å². The van der Waals surface area contributed by atoms with Gasteiger partial charge in [-0.15, -0.1) is 0 Å². The number of methoxy groups -OCH3 is 2. The number of imidazole rings is 2. The number of carbonyl (C=O) groups excluding carboxylic acids is 4. The van der Waals surface area contributed by atoms with E-state index in [-0.39, 0.29) is 47.2 Å². The predicted molar refractivity (Wildman–Crippen MR) is 234 cm³/mol. The number of fused-ring (bicyclic) bond motifs is 3. The molecule has 0 unspecified atom stereocenters. The van der Waals surface area contributed by atoms with E-state index in [1.807, 2.05) is 49.9 Å². The average molecular weight is 841 g/mol. The summed E-state index contributed by atoms with van der Waals surface area (Å²) >= 11 is 0. The van der Waals surface area contributed by atoms with E-state index in [1.54, 1.807) is 0 Å². The number of hydrogen-bond acceptors (Lipinski definition) is 8. The number of likely N-dealkylation sites (tertiary alicyclic amines) is 2. The van der Waals surface area contributed by atoms with Gasteiger partial charge in [-0.05, 0) is 101 Å². The zero-order valence-electron chi connectivity index (χ0n) is 36.2. The van der Waals surface area contributed by atoms with E-state index in [9.17, 15) is 19.2 Å². The first-order valence-corrected chi connectivity index (χ1v) is 21.9. The van der Waals surface area contributed by atoms with Gasteiger partial charge in [0.2, 0.25) is 11.8 Å². The maximum absolute atomic E-state index is 14.0. The molecule has 1 spiro atoms. The van der Waals surface area contributed by atoms with Crippen molar-refractivity contribution in [3.63, 3.8) is 0 Å². The van der Waals surface area contributed by atoms with Crippen LogP contribution in [0.25, 0.3) is 44.4 Å². The second kappa shape index (κ2) is 16.3. The van der Waals surface area contributed by atoms with E-state index >= 15 is 0 Å². The molecule has 62 heavy (non-hydrogen) atoms. The molecule has 2 bridgehead atoms. The van der Waals surface area contributed by atoms with E-state index in [0.717, 1.165) is 94.6 Å². The van der Waals surface area contributed by atoms with Gasteiger partial charge in [0, 0.05) is 18.2 Å². The smallest absolute Gasteiger partial charge is 0.407 e. The van der Waals surface area contributed by atoms with Gasteiger partial charge in [-0.3, -0.25) is 9.59 Å². The highest BCUT2D eigenvalue weighted by Gasteiger charge is 2.55. The van der Waals surface area contributed by atoms with Crippen molar-refractivity contribution in [2.45, 2.75) is 96.4 Å². The summed E-state index contributed by atoms with van der Waals surface area (Å²) in [6.45, 7) is 8.37. The molecule has 4 heterocycles. The molecule has 2 aliphatic heterocycles. The van der Waals surface area contributed by atoms with Crippen molar-refractivity contribution >= 4 is 34.8 Å². The van der Waals surface area contributed by atoms with Gasteiger partial charge in [0.05, 0.1) is 50.1 Å². The number of hydrogen-bond donors (Lipinski definition) is 4. The summed E-state index contributed by atoms with van der Waals surface area (Å²) in [5.41, 5.74) is 6.09. The maximum atomic E-state index is 14.0. The minimum atomic E-state index is -0.686. The molecule has 2 saturated heterocycles. The summed E-state index contributed by atoms with van der Waals surface area (Å²) in [6, 6.07) is 19.7. The number of H-pyrrole nitrogens is 2. The Kier molecular flexibility index (Phi) is 10.8. The normalized spacial score (nSPS) is 22.1. The first-order valence-electron chi connectivity index (χ1n) is 21.9. The Morgan fingerprint density at radius 3 is 1.89 bits per heavy atom. The van der Waals surface area contributed by atoms with Crippen LogP contribution < -0.4 is 10.6 Å². The molecule has 9 rings (SSSR count). The standard InChI is InChI=1S/C48H56N8O6/c1-26(2)39(53-46(59)61-5)44(57)55-25-48(17-18-48)22-38(55)42-49-23-36(51-42)29-9-7-28(8-10-29)30-11-12-32-20-33(14-13-31(32)19-30)37-24-50-43(52-37)41-34-15-16-35(21-34)56(41)45(58)40(27(3)4)54-47(60)62-6/h7-14,19-20,23-24,26-27,34-35,38-41H,15-18,21-22,25H2,1-6H3,(H,49,51)(H,50,52)(H,53,59)(H,54,60)/t34-,35+,38-,39-,40-,41-/m0/s1. The van der Waals surface area contributed by atoms with Crippen molar-refractivity contribution in [3.8, 4) is 33.6 Å². The molecule has 5 aromatic rings. The van der Waals surface area contributed by atoms with Gasteiger partial charge in [0.25, 0.3) is 0 Å². The van der Waals surface area contributed by atoms with Crippen LogP contribution in [0.4, 0.5) is 9.59 Å². The van der Waals surface area contributed by atoms with Crippen LogP contribution in [0.2, 0.25) is 0 Å². The maximum Gasteiger partial charge on any atom is 0.407 e. The molecular weight excluding hydrogens is 785 g/mol. The lowest BCUT2D eigenvalue weighted by atomic mass is 9.95. The number of benzene rings is 3. The average Bonchev–Trinajstić information content (AvgIpc) is 3.91. The number of carbonyl (C=O) groups is 4. The number of aromatic amines is 2. The van der Waals surface area contributed by atoms with Crippen molar-refractivity contribution < 1.29 is 28.7 Å². The molecule has 4 amide bonds. The molecule has 6 atom stereocenters. The minimum absolute atomic E-state index is 0.0905. The van der Waals surface area contributed by atoms with Crippen molar-refractivity contribution in [1.82, 2.24) is 40.4 Å². The van der Waals surface area contributed by atoms with Crippen molar-refractivity contribution in [2.24, 2.45) is 23.2 Å². The van der Waals surface area contributed by atoms with E-state index in [4.69, 9.17) is 19.4 Å². The summed E-state index contributed by atoms with van der Waals surface area (Å²) in [5.74, 6) is 1.44. The van der Waals surface area contributed by atoms with Crippen molar-refractivity contribution in [3.05, 3.63) is 84.7 Å². The Hall–Kier alpha value is -6.18. The molecule has 2 aliphatic carbocycles. The van der Waals surface area contributed by atoms with Crippen LogP contribution in [-0.2, 0) is 19.1 Å². The summed E-state index contributed by atoms with van der Waals surface area (Å²) in [6.07, 6.45) is 8.43. The third-order valence-corrected chi connectivity index (χ3v) is 13.8. The lowest BCUT2D eigenvalue weighted by Gasteiger charge is -2.37. The number of aromatic nitrogens is 4. The number of nitrogens with zero attached hydrogens (tertiary/aromatic N) is 4. The molecule has 4 aliphatic rings.